The fraction of sp³-hybridized carbons (Fsp3) is 0.304. The zero-order chi connectivity index (χ0) is 22.5. The van der Waals surface area contributed by atoms with Crippen LogP contribution >= 0.6 is 34.5 Å². The molecule has 9 heteroatoms. The minimum Gasteiger partial charge on any atom is -0.493 e. The van der Waals surface area contributed by atoms with Crippen molar-refractivity contribution in [2.45, 2.75) is 25.6 Å². The minimum absolute atomic E-state index is 0.0941. The molecule has 1 atom stereocenters. The number of nitrogens with one attached hydrogen (secondary N) is 1. The van der Waals surface area contributed by atoms with Crippen LogP contribution in [0.1, 0.15) is 28.9 Å². The molecule has 1 aliphatic heterocycles. The number of methoxy groups -OCH3 is 1. The number of carbonyl (C=O) groups excluding carboxylic acids is 1. The number of hydrogen-bond acceptors (Lipinski definition) is 6. The van der Waals surface area contributed by atoms with Crippen LogP contribution in [-0.4, -0.2) is 37.3 Å². The predicted molar refractivity (Wildman–Crippen MR) is 126 cm³/mol. The number of ether oxygens (including phenoxy) is 3. The van der Waals surface area contributed by atoms with Gasteiger partial charge in [-0.15, -0.1) is 11.3 Å². The van der Waals surface area contributed by atoms with E-state index in [-0.39, 0.29) is 18.6 Å². The molecule has 6 nitrogen and oxygen atoms in total. The molecular weight excluding hydrogens is 471 g/mol. The third-order valence-corrected chi connectivity index (χ3v) is 6.54. The molecule has 0 spiro atoms. The number of aromatic nitrogens is 1. The standard InChI is InChI=1S/C23H22Cl2N2O4S/c1-29-21-9-14(5-7-20(21)31-12-15-4-6-16(24)10-18(15)25)23-27-19(13-32-23)22(28)26-11-17-3-2-8-30-17/h4-7,9-10,13,17H,2-3,8,11-12H2,1H3,(H,26,28). The van der Waals surface area contributed by atoms with Gasteiger partial charge >= 0.3 is 0 Å². The number of thiazole rings is 1. The molecule has 0 radical (unpaired) electrons. The van der Waals surface area contributed by atoms with E-state index in [1.807, 2.05) is 24.3 Å². The first-order valence-corrected chi connectivity index (χ1v) is 11.8. The molecule has 1 N–H and O–H groups in total. The van der Waals surface area contributed by atoms with Crippen LogP contribution in [0.3, 0.4) is 0 Å². The summed E-state index contributed by atoms with van der Waals surface area (Å²) in [6, 6.07) is 10.8. The molecule has 3 aromatic rings. The summed E-state index contributed by atoms with van der Waals surface area (Å²) >= 11 is 13.6. The third kappa shape index (κ3) is 5.53. The first kappa shape index (κ1) is 22.9. The first-order valence-electron chi connectivity index (χ1n) is 10.1. The number of hydrogen-bond donors (Lipinski definition) is 1. The van der Waals surface area contributed by atoms with E-state index in [9.17, 15) is 4.79 Å². The van der Waals surface area contributed by atoms with Crippen LogP contribution < -0.4 is 14.8 Å². The van der Waals surface area contributed by atoms with Gasteiger partial charge in [-0.1, -0.05) is 29.3 Å². The lowest BCUT2D eigenvalue weighted by Gasteiger charge is -2.12. The van der Waals surface area contributed by atoms with Gasteiger partial charge in [-0.25, -0.2) is 4.98 Å². The summed E-state index contributed by atoms with van der Waals surface area (Å²) in [6.07, 6.45) is 2.10. The number of amides is 1. The van der Waals surface area contributed by atoms with E-state index in [1.165, 1.54) is 11.3 Å². The summed E-state index contributed by atoms with van der Waals surface area (Å²) < 4.78 is 16.9. The topological polar surface area (TPSA) is 69.7 Å². The summed E-state index contributed by atoms with van der Waals surface area (Å²) in [5.74, 6) is 0.940. The molecule has 2 aromatic carbocycles. The molecule has 0 bridgehead atoms. The fourth-order valence-corrected chi connectivity index (χ4v) is 4.59. The molecule has 1 saturated heterocycles. The molecule has 32 heavy (non-hydrogen) atoms. The fourth-order valence-electron chi connectivity index (χ4n) is 3.33. The number of carbonyl (C=O) groups is 1. The van der Waals surface area contributed by atoms with E-state index >= 15 is 0 Å². The number of halogens is 2. The Hall–Kier alpha value is -2.32. The van der Waals surface area contributed by atoms with Crippen molar-refractivity contribution in [2.75, 3.05) is 20.3 Å². The molecule has 4 rings (SSSR count). The lowest BCUT2D eigenvalue weighted by Crippen LogP contribution is -2.31. The molecule has 1 amide bonds. The minimum atomic E-state index is -0.199. The molecule has 1 unspecified atom stereocenters. The molecule has 0 aliphatic carbocycles. The quantitative estimate of drug-likeness (QED) is 0.442. The van der Waals surface area contributed by atoms with Gasteiger partial charge in [-0.3, -0.25) is 4.79 Å². The molecule has 1 aromatic heterocycles. The smallest absolute Gasteiger partial charge is 0.270 e. The third-order valence-electron chi connectivity index (χ3n) is 5.06. The maximum atomic E-state index is 12.4. The Morgan fingerprint density at radius 2 is 2.12 bits per heavy atom. The van der Waals surface area contributed by atoms with E-state index in [0.717, 1.165) is 35.6 Å². The van der Waals surface area contributed by atoms with Crippen molar-refractivity contribution in [3.8, 4) is 22.1 Å². The Labute approximate surface area is 200 Å². The van der Waals surface area contributed by atoms with Gasteiger partial charge in [-0.05, 0) is 43.2 Å². The van der Waals surface area contributed by atoms with Gasteiger partial charge in [0, 0.05) is 39.7 Å². The normalized spacial score (nSPS) is 15.5. The first-order chi connectivity index (χ1) is 15.5. The average Bonchev–Trinajstić information content (AvgIpc) is 3.49. The van der Waals surface area contributed by atoms with Crippen LogP contribution in [0.15, 0.2) is 41.8 Å². The largest absolute Gasteiger partial charge is 0.493 e. The van der Waals surface area contributed by atoms with Gasteiger partial charge in [-0.2, -0.15) is 0 Å². The summed E-state index contributed by atoms with van der Waals surface area (Å²) in [5.41, 5.74) is 2.04. The van der Waals surface area contributed by atoms with Gasteiger partial charge in [0.05, 0.1) is 13.2 Å². The summed E-state index contributed by atoms with van der Waals surface area (Å²) in [6.45, 7) is 1.54. The maximum Gasteiger partial charge on any atom is 0.270 e. The van der Waals surface area contributed by atoms with Crippen molar-refractivity contribution in [1.82, 2.24) is 10.3 Å². The van der Waals surface area contributed by atoms with Gasteiger partial charge in [0.15, 0.2) is 11.5 Å². The van der Waals surface area contributed by atoms with Crippen molar-refractivity contribution in [3.63, 3.8) is 0 Å². The number of nitrogens with zero attached hydrogens (tertiary/aromatic N) is 1. The molecular formula is C23H22Cl2N2O4S. The Bertz CT molecular complexity index is 1100. The van der Waals surface area contributed by atoms with Crippen LogP contribution in [0.5, 0.6) is 11.5 Å². The van der Waals surface area contributed by atoms with Gasteiger partial charge in [0.1, 0.15) is 17.3 Å². The Balaban J connectivity index is 1.42. The number of rotatable bonds is 8. The van der Waals surface area contributed by atoms with Gasteiger partial charge in [0.2, 0.25) is 0 Å². The van der Waals surface area contributed by atoms with Crippen LogP contribution in [0.2, 0.25) is 10.0 Å². The highest BCUT2D eigenvalue weighted by Gasteiger charge is 2.18. The monoisotopic (exact) mass is 492 g/mol. The average molecular weight is 493 g/mol. The Morgan fingerprint density at radius 1 is 1.25 bits per heavy atom. The molecule has 0 saturated carbocycles. The highest BCUT2D eigenvalue weighted by Crippen LogP contribution is 2.34. The lowest BCUT2D eigenvalue weighted by atomic mass is 10.2. The molecule has 168 valence electrons. The Kier molecular flexibility index (Phi) is 7.52. The van der Waals surface area contributed by atoms with E-state index < -0.39 is 0 Å². The van der Waals surface area contributed by atoms with Crippen LogP contribution in [0, 0.1) is 0 Å². The second-order valence-electron chi connectivity index (χ2n) is 7.27. The SMILES string of the molecule is COc1cc(-c2nc(C(=O)NCC3CCCO3)cs2)ccc1OCc1ccc(Cl)cc1Cl. The predicted octanol–water partition coefficient (Wildman–Crippen LogP) is 5.61. The van der Waals surface area contributed by atoms with E-state index in [0.29, 0.717) is 33.8 Å². The van der Waals surface area contributed by atoms with Crippen molar-refractivity contribution < 1.29 is 19.0 Å². The highest BCUT2D eigenvalue weighted by atomic mass is 35.5. The highest BCUT2D eigenvalue weighted by molar-refractivity contribution is 7.13. The van der Waals surface area contributed by atoms with E-state index in [2.05, 4.69) is 10.3 Å². The molecule has 1 fully saturated rings. The molecule has 1 aliphatic rings. The van der Waals surface area contributed by atoms with Crippen molar-refractivity contribution in [1.29, 1.82) is 0 Å². The summed E-state index contributed by atoms with van der Waals surface area (Å²) in [7, 11) is 1.58. The van der Waals surface area contributed by atoms with Gasteiger partial charge in [0.25, 0.3) is 5.91 Å². The van der Waals surface area contributed by atoms with Crippen LogP contribution in [0.4, 0.5) is 0 Å². The van der Waals surface area contributed by atoms with Crippen LogP contribution in [0.25, 0.3) is 10.6 Å². The zero-order valence-electron chi connectivity index (χ0n) is 17.4. The second kappa shape index (κ2) is 10.5. The maximum absolute atomic E-state index is 12.4. The molecule has 2 heterocycles. The zero-order valence-corrected chi connectivity index (χ0v) is 19.7. The van der Waals surface area contributed by atoms with Crippen molar-refractivity contribution in [2.24, 2.45) is 0 Å². The van der Waals surface area contributed by atoms with Gasteiger partial charge < -0.3 is 19.5 Å². The van der Waals surface area contributed by atoms with Crippen LogP contribution in [-0.2, 0) is 11.3 Å². The van der Waals surface area contributed by atoms with Crippen molar-refractivity contribution >= 4 is 40.4 Å². The summed E-state index contributed by atoms with van der Waals surface area (Å²) in [4.78, 5) is 16.9. The van der Waals surface area contributed by atoms with E-state index in [4.69, 9.17) is 37.4 Å². The summed E-state index contributed by atoms with van der Waals surface area (Å²) in [5, 5.41) is 6.48. The van der Waals surface area contributed by atoms with Crippen molar-refractivity contribution in [3.05, 3.63) is 63.1 Å². The lowest BCUT2D eigenvalue weighted by molar-refractivity contribution is 0.0854. The second-order valence-corrected chi connectivity index (χ2v) is 8.97. The number of benzene rings is 2. The Morgan fingerprint density at radius 3 is 2.88 bits per heavy atom. The van der Waals surface area contributed by atoms with E-state index in [1.54, 1.807) is 24.6 Å².